The molecule has 2 aromatic heterocycles. The third-order valence-corrected chi connectivity index (χ3v) is 10.2. The summed E-state index contributed by atoms with van der Waals surface area (Å²) in [6.07, 6.45) is 7.82. The number of amides is 1. The van der Waals surface area contributed by atoms with E-state index in [-0.39, 0.29) is 17.8 Å². The van der Waals surface area contributed by atoms with Crippen LogP contribution in [-0.4, -0.2) is 69.2 Å². The monoisotopic (exact) mass is 736 g/mol. The fraction of sp³-hybridized carbons (Fsp3) is 0.459. The van der Waals surface area contributed by atoms with Crippen molar-refractivity contribution in [1.82, 2.24) is 19.4 Å². The van der Waals surface area contributed by atoms with Crippen molar-refractivity contribution in [3.05, 3.63) is 81.9 Å². The van der Waals surface area contributed by atoms with E-state index in [0.717, 1.165) is 54.3 Å². The van der Waals surface area contributed by atoms with Gasteiger partial charge in [0.2, 0.25) is 5.91 Å². The van der Waals surface area contributed by atoms with Gasteiger partial charge in [-0.2, -0.15) is 5.26 Å². The van der Waals surface area contributed by atoms with Crippen LogP contribution >= 0.6 is 11.3 Å². The molecular formula is C37H49FN8O3S2. The molecule has 274 valence electrons. The van der Waals surface area contributed by atoms with Crippen LogP contribution in [0.5, 0.6) is 5.19 Å². The number of nitrogens with two attached hydrogens (primary N) is 2. The number of rotatable bonds is 15. The molecule has 0 saturated heterocycles. The summed E-state index contributed by atoms with van der Waals surface area (Å²) in [7, 11) is -0.470. The number of hydrogen-bond donors (Lipinski definition) is 3. The van der Waals surface area contributed by atoms with Gasteiger partial charge in [0, 0.05) is 55.9 Å². The number of carbonyl (C=O) groups excluding carboxylic acids is 1. The third-order valence-electron chi connectivity index (χ3n) is 8.41. The molecule has 0 radical (unpaired) electrons. The first-order chi connectivity index (χ1) is 24.3. The number of thiazole rings is 1. The number of imidazole rings is 1. The highest BCUT2D eigenvalue weighted by Crippen LogP contribution is 2.32. The Morgan fingerprint density at radius 3 is 2.67 bits per heavy atom. The predicted molar refractivity (Wildman–Crippen MR) is 203 cm³/mol. The van der Waals surface area contributed by atoms with Crippen LogP contribution in [0.15, 0.2) is 48.7 Å². The molecular weight excluding hydrogens is 688 g/mol. The van der Waals surface area contributed by atoms with Crippen molar-refractivity contribution in [2.24, 2.45) is 17.4 Å². The van der Waals surface area contributed by atoms with Crippen LogP contribution in [0.25, 0.3) is 16.6 Å². The van der Waals surface area contributed by atoms with Gasteiger partial charge in [0.05, 0.1) is 39.7 Å². The average molecular weight is 737 g/mol. The lowest BCUT2D eigenvalue weighted by Gasteiger charge is -2.26. The minimum absolute atomic E-state index is 0.0404. The summed E-state index contributed by atoms with van der Waals surface area (Å²) >= 11 is 1.43. The molecule has 0 saturated carbocycles. The number of aryl methyl sites for hydroxylation is 1. The van der Waals surface area contributed by atoms with Gasteiger partial charge in [-0.1, -0.05) is 37.3 Å². The second-order valence-electron chi connectivity index (χ2n) is 13.5. The van der Waals surface area contributed by atoms with Crippen molar-refractivity contribution in [1.29, 1.82) is 10.0 Å². The van der Waals surface area contributed by atoms with Crippen molar-refractivity contribution in [3.8, 4) is 11.3 Å². The van der Waals surface area contributed by atoms with Gasteiger partial charge in [-0.05, 0) is 74.8 Å². The summed E-state index contributed by atoms with van der Waals surface area (Å²) in [5, 5.41) is 9.36. The number of aromatic nitrogens is 3. The maximum Gasteiger partial charge on any atom is 0.274 e. The molecule has 0 spiro atoms. The molecule has 3 heterocycles. The van der Waals surface area contributed by atoms with Crippen LogP contribution in [0.3, 0.4) is 0 Å². The van der Waals surface area contributed by atoms with E-state index in [2.05, 4.69) is 34.4 Å². The lowest BCUT2D eigenvalue weighted by atomic mass is 10.1. The van der Waals surface area contributed by atoms with Crippen molar-refractivity contribution in [3.63, 3.8) is 0 Å². The zero-order valence-electron chi connectivity index (χ0n) is 30.1. The Bertz CT molecular complexity index is 1900. The molecule has 5 rings (SSSR count). The first-order valence-electron chi connectivity index (χ1n) is 16.9. The van der Waals surface area contributed by atoms with Crippen molar-refractivity contribution >= 4 is 44.5 Å². The number of nitrogens with zero attached hydrogens (tertiary/aromatic N) is 5. The molecule has 1 unspecified atom stereocenters. The molecule has 5 N–H and O–H groups in total. The van der Waals surface area contributed by atoms with E-state index in [4.69, 9.17) is 36.0 Å². The summed E-state index contributed by atoms with van der Waals surface area (Å²) < 4.78 is 35.5. The molecule has 0 bridgehead atoms. The van der Waals surface area contributed by atoms with E-state index in [1.165, 1.54) is 23.0 Å². The number of primary amides is 1. The third kappa shape index (κ3) is 11.8. The normalized spacial score (nSPS) is 14.1. The van der Waals surface area contributed by atoms with E-state index in [0.29, 0.717) is 47.6 Å². The molecule has 1 aliphatic rings. The lowest BCUT2D eigenvalue weighted by molar-refractivity contribution is -0.0150. The van der Waals surface area contributed by atoms with E-state index in [1.54, 1.807) is 30.5 Å². The topological polar surface area (TPSA) is 169 Å². The first kappa shape index (κ1) is 39.8. The Morgan fingerprint density at radius 1 is 1.25 bits per heavy atom. The van der Waals surface area contributed by atoms with Gasteiger partial charge in [0.25, 0.3) is 5.19 Å². The van der Waals surface area contributed by atoms with Gasteiger partial charge in [0.15, 0.2) is 0 Å². The molecule has 1 amide bonds. The number of ether oxygens (including phenoxy) is 2. The summed E-state index contributed by atoms with van der Waals surface area (Å²) in [4.78, 5) is 24.3. The fourth-order valence-electron chi connectivity index (χ4n) is 5.18. The van der Waals surface area contributed by atoms with Gasteiger partial charge >= 0.3 is 0 Å². The number of carbonyl (C=O) groups is 1. The molecule has 51 heavy (non-hydrogen) atoms. The molecule has 1 atom stereocenters. The summed E-state index contributed by atoms with van der Waals surface area (Å²) in [5.74, 6) is 1.38. The minimum atomic E-state index is -0.473. The van der Waals surface area contributed by atoms with Gasteiger partial charge in [0.1, 0.15) is 18.2 Å². The number of nitrogens with one attached hydrogen (secondary N) is 1. The Labute approximate surface area is 306 Å². The summed E-state index contributed by atoms with van der Waals surface area (Å²) in [6.45, 7) is 12.8. The van der Waals surface area contributed by atoms with Gasteiger partial charge in [-0.25, -0.2) is 14.4 Å². The van der Waals surface area contributed by atoms with Gasteiger partial charge in [-0.3, -0.25) is 14.5 Å². The van der Waals surface area contributed by atoms with Gasteiger partial charge < -0.3 is 25.5 Å². The largest absolute Gasteiger partial charge is 0.465 e. The second-order valence-corrected chi connectivity index (χ2v) is 16.2. The van der Waals surface area contributed by atoms with E-state index < -0.39 is 22.4 Å². The molecule has 0 fully saturated rings. The van der Waals surface area contributed by atoms with Gasteiger partial charge in [-0.15, -0.1) is 10.7 Å². The average Bonchev–Trinajstić information content (AvgIpc) is 3.71. The highest BCUT2D eigenvalue weighted by molar-refractivity contribution is 7.85. The highest BCUT2D eigenvalue weighted by atomic mass is 32.2. The fourth-order valence-corrected chi connectivity index (χ4v) is 6.47. The smallest absolute Gasteiger partial charge is 0.274 e. The number of benzene rings is 2. The van der Waals surface area contributed by atoms with Crippen molar-refractivity contribution in [2.75, 3.05) is 38.2 Å². The summed E-state index contributed by atoms with van der Waals surface area (Å²) in [5.41, 5.74) is 14.8. The minimum Gasteiger partial charge on any atom is -0.465 e. The molecule has 1 aliphatic heterocycles. The van der Waals surface area contributed by atoms with Crippen LogP contribution in [0.1, 0.15) is 72.7 Å². The highest BCUT2D eigenvalue weighted by Gasteiger charge is 2.20. The lowest BCUT2D eigenvalue weighted by Crippen LogP contribution is -2.34. The Morgan fingerprint density at radius 2 is 2.04 bits per heavy atom. The zero-order chi connectivity index (χ0) is 37.1. The predicted octanol–water partition coefficient (Wildman–Crippen LogP) is 6.27. The number of nitriles is 1. The second kappa shape index (κ2) is 18.5. The number of hydrogen-bond acceptors (Lipinski definition) is 10. The maximum absolute atomic E-state index is 14.1. The van der Waals surface area contributed by atoms with Crippen LogP contribution in [0.2, 0.25) is 0 Å². The molecule has 0 aliphatic carbocycles. The standard InChI is InChI=1S/C28H28FN7O2S2.C9H21NO/c1-40(32)11-10-36-24-13-20(27(31)37)4-5-23(24)34-26(36)16-35-8-6-19(7-9-35)25-15-33-28(39-25)38-17-21-3-2-18(14-30)12-22(21)29;1-8(2)5-6-11-9(3,4)7-10/h2-6,12-13,15,32H,7-11,16-17H2,1H3,(H2,31,37);8H,5-7,10H2,1-4H3. The Hall–Kier alpha value is -4.00. The summed E-state index contributed by atoms with van der Waals surface area (Å²) in [6, 6.07) is 11.6. The Kier molecular flexibility index (Phi) is 14.4. The number of fused-ring (bicyclic) bond motifs is 1. The van der Waals surface area contributed by atoms with E-state index in [9.17, 15) is 9.18 Å². The molecule has 2 aromatic carbocycles. The van der Waals surface area contributed by atoms with Crippen LogP contribution in [-0.2, 0) is 35.1 Å². The van der Waals surface area contributed by atoms with E-state index in [1.807, 2.05) is 32.2 Å². The zero-order valence-corrected chi connectivity index (χ0v) is 31.7. The SMILES string of the molecule is CC(C)CCOC(C)(C)CN.CS(=N)CCn1c(CN2CC=C(c3cnc(OCc4ccc(C#N)cc4F)s3)CC2)nc2ccc(C(N)=O)cc21. The van der Waals surface area contributed by atoms with Crippen LogP contribution in [0.4, 0.5) is 4.39 Å². The quantitative estimate of drug-likeness (QED) is 0.128. The van der Waals surface area contributed by atoms with Crippen molar-refractivity contribution < 1.29 is 18.7 Å². The van der Waals surface area contributed by atoms with Crippen LogP contribution in [0, 0.1) is 27.8 Å². The molecule has 4 aromatic rings. The van der Waals surface area contributed by atoms with Crippen LogP contribution < -0.4 is 16.2 Å². The first-order valence-corrected chi connectivity index (χ1v) is 19.6. The molecule has 11 nitrogen and oxygen atoms in total. The van der Waals surface area contributed by atoms with E-state index >= 15 is 0 Å². The Balaban J connectivity index is 0.000000459. The maximum atomic E-state index is 14.1. The number of halogens is 1. The van der Waals surface area contributed by atoms with Crippen molar-refractivity contribution in [2.45, 2.75) is 65.8 Å². The molecule has 14 heteroatoms.